The number of aromatic nitrogens is 2. The highest BCUT2D eigenvalue weighted by atomic mass is 35.5. The molecular weight excluding hydrogens is 393 g/mol. The number of halogens is 4. The van der Waals surface area contributed by atoms with Crippen molar-refractivity contribution in [1.29, 1.82) is 0 Å². The minimum Gasteiger partial charge on any atom is -0.357 e. The van der Waals surface area contributed by atoms with E-state index in [1.807, 2.05) is 17.9 Å². The van der Waals surface area contributed by atoms with Gasteiger partial charge in [-0.05, 0) is 49.6 Å². The average molecular weight is 413 g/mol. The lowest BCUT2D eigenvalue weighted by Gasteiger charge is -2.32. The van der Waals surface area contributed by atoms with E-state index in [0.29, 0.717) is 49.1 Å². The lowest BCUT2D eigenvalue weighted by Crippen LogP contribution is -2.40. The molecule has 0 saturated carbocycles. The summed E-state index contributed by atoms with van der Waals surface area (Å²) in [6.07, 6.45) is -2.34. The second-order valence-electron chi connectivity index (χ2n) is 6.84. The van der Waals surface area contributed by atoms with Gasteiger partial charge in [0.15, 0.2) is 0 Å². The summed E-state index contributed by atoms with van der Waals surface area (Å²) >= 11 is 5.93. The fraction of sp³-hybridized carbons (Fsp3) is 0.421. The molecule has 0 unspecified atom stereocenters. The third kappa shape index (κ3) is 5.13. The molecule has 0 aromatic carbocycles. The van der Waals surface area contributed by atoms with Crippen LogP contribution in [0.2, 0.25) is 5.15 Å². The number of alkyl halides is 3. The summed E-state index contributed by atoms with van der Waals surface area (Å²) in [6.45, 7) is 3.33. The van der Waals surface area contributed by atoms with Crippen molar-refractivity contribution in [3.8, 4) is 0 Å². The first-order valence-corrected chi connectivity index (χ1v) is 9.29. The molecule has 5 nitrogen and oxygen atoms in total. The number of anilines is 1. The van der Waals surface area contributed by atoms with Gasteiger partial charge in [-0.15, -0.1) is 0 Å². The van der Waals surface area contributed by atoms with Crippen molar-refractivity contribution >= 4 is 23.3 Å². The molecule has 2 aromatic heterocycles. The van der Waals surface area contributed by atoms with Gasteiger partial charge in [0.1, 0.15) is 11.0 Å². The number of piperidine rings is 1. The van der Waals surface area contributed by atoms with Gasteiger partial charge in [0, 0.05) is 25.2 Å². The van der Waals surface area contributed by atoms with Crippen LogP contribution in [-0.2, 0) is 17.5 Å². The van der Waals surface area contributed by atoms with E-state index in [9.17, 15) is 18.0 Å². The summed E-state index contributed by atoms with van der Waals surface area (Å²) in [7, 11) is 0. The van der Waals surface area contributed by atoms with Crippen LogP contribution >= 0.6 is 11.6 Å². The van der Waals surface area contributed by atoms with Gasteiger partial charge in [-0.25, -0.2) is 9.97 Å². The average Bonchev–Trinajstić information content (AvgIpc) is 2.65. The number of carbonyl (C=O) groups is 1. The Kier molecular flexibility index (Phi) is 6.07. The maximum Gasteiger partial charge on any atom is 0.417 e. The van der Waals surface area contributed by atoms with Crippen molar-refractivity contribution in [1.82, 2.24) is 15.3 Å². The van der Waals surface area contributed by atoms with Gasteiger partial charge in [0.05, 0.1) is 17.8 Å². The van der Waals surface area contributed by atoms with E-state index in [-0.39, 0.29) is 11.8 Å². The molecule has 1 saturated heterocycles. The van der Waals surface area contributed by atoms with E-state index < -0.39 is 11.7 Å². The Morgan fingerprint density at radius 1 is 1.29 bits per heavy atom. The standard InChI is InChI=1S/C19H20ClF3N4O/c1-12-8-15(26-16(20)9-12)11-25-18(28)13-4-6-27(7-5-13)17-3-2-14(10-24-17)19(21,22)23/h2-3,8-10,13H,4-7,11H2,1H3,(H,25,28). The first-order chi connectivity index (χ1) is 13.2. The Bertz CT molecular complexity index is 814. The maximum absolute atomic E-state index is 12.6. The molecule has 3 heterocycles. The number of hydrogen-bond donors (Lipinski definition) is 1. The molecule has 0 atom stereocenters. The van der Waals surface area contributed by atoms with Crippen LogP contribution in [0.4, 0.5) is 19.0 Å². The van der Waals surface area contributed by atoms with Gasteiger partial charge in [0.25, 0.3) is 0 Å². The predicted octanol–water partition coefficient (Wildman–Crippen LogP) is 3.99. The number of aryl methyl sites for hydroxylation is 1. The first-order valence-electron chi connectivity index (χ1n) is 8.91. The molecule has 2 aromatic rings. The zero-order chi connectivity index (χ0) is 20.3. The summed E-state index contributed by atoms with van der Waals surface area (Å²) < 4.78 is 37.9. The van der Waals surface area contributed by atoms with Crippen molar-refractivity contribution in [2.75, 3.05) is 18.0 Å². The van der Waals surface area contributed by atoms with Crippen molar-refractivity contribution in [2.45, 2.75) is 32.5 Å². The molecule has 1 amide bonds. The van der Waals surface area contributed by atoms with Crippen LogP contribution in [0.25, 0.3) is 0 Å². The highest BCUT2D eigenvalue weighted by Crippen LogP contribution is 2.30. The number of amides is 1. The highest BCUT2D eigenvalue weighted by molar-refractivity contribution is 6.29. The molecule has 0 bridgehead atoms. The van der Waals surface area contributed by atoms with Gasteiger partial charge in [-0.1, -0.05) is 11.6 Å². The third-order valence-corrected chi connectivity index (χ3v) is 4.89. The number of rotatable bonds is 4. The fourth-order valence-corrected chi connectivity index (χ4v) is 3.50. The van der Waals surface area contributed by atoms with Crippen molar-refractivity contribution < 1.29 is 18.0 Å². The number of nitrogens with one attached hydrogen (secondary N) is 1. The predicted molar refractivity (Wildman–Crippen MR) is 100 cm³/mol. The summed E-state index contributed by atoms with van der Waals surface area (Å²) in [5, 5.41) is 3.27. The second kappa shape index (κ2) is 8.34. The van der Waals surface area contributed by atoms with E-state index in [4.69, 9.17) is 11.6 Å². The molecule has 1 N–H and O–H groups in total. The van der Waals surface area contributed by atoms with Crippen molar-refractivity contribution in [2.24, 2.45) is 5.92 Å². The van der Waals surface area contributed by atoms with Crippen LogP contribution in [-0.4, -0.2) is 29.0 Å². The quantitative estimate of drug-likeness (QED) is 0.771. The van der Waals surface area contributed by atoms with Crippen LogP contribution < -0.4 is 10.2 Å². The van der Waals surface area contributed by atoms with E-state index in [1.165, 1.54) is 6.07 Å². The van der Waals surface area contributed by atoms with E-state index in [0.717, 1.165) is 17.8 Å². The third-order valence-electron chi connectivity index (χ3n) is 4.70. The van der Waals surface area contributed by atoms with Crippen LogP contribution in [0.15, 0.2) is 30.5 Å². The SMILES string of the molecule is Cc1cc(Cl)nc(CNC(=O)C2CCN(c3ccc(C(F)(F)F)cn3)CC2)c1. The Balaban J connectivity index is 1.51. The molecule has 9 heteroatoms. The molecule has 3 rings (SSSR count). The minimum absolute atomic E-state index is 0.0561. The Morgan fingerprint density at radius 2 is 2.00 bits per heavy atom. The zero-order valence-electron chi connectivity index (χ0n) is 15.3. The topological polar surface area (TPSA) is 58.1 Å². The Hall–Kier alpha value is -2.35. The molecule has 1 aliphatic rings. The van der Waals surface area contributed by atoms with Gasteiger partial charge in [-0.2, -0.15) is 13.2 Å². The second-order valence-corrected chi connectivity index (χ2v) is 7.23. The van der Waals surface area contributed by atoms with E-state index in [1.54, 1.807) is 6.07 Å². The minimum atomic E-state index is -4.40. The molecular formula is C19H20ClF3N4O. The summed E-state index contributed by atoms with van der Waals surface area (Å²) in [4.78, 5) is 22.4. The normalized spacial score (nSPS) is 15.5. The van der Waals surface area contributed by atoms with Crippen molar-refractivity contribution in [3.05, 3.63) is 52.4 Å². The van der Waals surface area contributed by atoms with Crippen LogP contribution in [0.1, 0.15) is 29.7 Å². The molecule has 28 heavy (non-hydrogen) atoms. The first kappa shape index (κ1) is 20.4. The number of hydrogen-bond acceptors (Lipinski definition) is 4. The highest BCUT2D eigenvalue weighted by Gasteiger charge is 2.31. The molecule has 0 radical (unpaired) electrons. The smallest absolute Gasteiger partial charge is 0.357 e. The maximum atomic E-state index is 12.6. The zero-order valence-corrected chi connectivity index (χ0v) is 16.0. The van der Waals surface area contributed by atoms with E-state index >= 15 is 0 Å². The van der Waals surface area contributed by atoms with E-state index in [2.05, 4.69) is 15.3 Å². The number of carbonyl (C=O) groups excluding carboxylic acids is 1. The largest absolute Gasteiger partial charge is 0.417 e. The monoisotopic (exact) mass is 412 g/mol. The number of pyridine rings is 2. The summed E-state index contributed by atoms with van der Waals surface area (Å²) in [6, 6.07) is 6.01. The van der Waals surface area contributed by atoms with Crippen LogP contribution in [0.5, 0.6) is 0 Å². The van der Waals surface area contributed by atoms with Gasteiger partial charge < -0.3 is 10.2 Å². The van der Waals surface area contributed by atoms with Crippen molar-refractivity contribution in [3.63, 3.8) is 0 Å². The number of nitrogens with zero attached hydrogens (tertiary/aromatic N) is 3. The molecule has 1 fully saturated rings. The lowest BCUT2D eigenvalue weighted by atomic mass is 9.96. The van der Waals surface area contributed by atoms with Gasteiger partial charge in [0.2, 0.25) is 5.91 Å². The van der Waals surface area contributed by atoms with Crippen LogP contribution in [0.3, 0.4) is 0 Å². The van der Waals surface area contributed by atoms with Crippen LogP contribution in [0, 0.1) is 12.8 Å². The summed E-state index contributed by atoms with van der Waals surface area (Å²) in [5.74, 6) is 0.288. The summed E-state index contributed by atoms with van der Waals surface area (Å²) in [5.41, 5.74) is 0.904. The van der Waals surface area contributed by atoms with Gasteiger partial charge in [-0.3, -0.25) is 4.79 Å². The fourth-order valence-electron chi connectivity index (χ4n) is 3.22. The molecule has 0 aliphatic carbocycles. The lowest BCUT2D eigenvalue weighted by molar-refractivity contribution is -0.137. The molecule has 150 valence electrons. The van der Waals surface area contributed by atoms with Gasteiger partial charge >= 0.3 is 6.18 Å². The molecule has 1 aliphatic heterocycles. The Labute approximate surface area is 165 Å². The molecule has 0 spiro atoms. The Morgan fingerprint density at radius 3 is 2.57 bits per heavy atom.